The number of imidazole rings is 1. The highest BCUT2D eigenvalue weighted by Gasteiger charge is 2.13. The molecule has 7 heteroatoms. The maximum Gasteiger partial charge on any atom is 0.332 e. The first-order chi connectivity index (χ1) is 9.06. The first-order valence-corrected chi connectivity index (χ1v) is 5.91. The molecule has 0 unspecified atom stereocenters. The van der Waals surface area contributed by atoms with E-state index in [9.17, 15) is 9.59 Å². The van der Waals surface area contributed by atoms with Crippen molar-refractivity contribution in [2.45, 2.75) is 6.92 Å². The van der Waals surface area contributed by atoms with Crippen LogP contribution in [0.25, 0.3) is 16.9 Å². The van der Waals surface area contributed by atoms with Gasteiger partial charge in [-0.05, 0) is 25.1 Å². The van der Waals surface area contributed by atoms with E-state index in [1.54, 1.807) is 31.2 Å². The molecule has 0 radical (unpaired) electrons. The molecule has 3 rings (SSSR count). The number of nitrogens with zero attached hydrogens (tertiary/aromatic N) is 2. The van der Waals surface area contributed by atoms with E-state index in [-0.39, 0.29) is 16.7 Å². The number of hydrogen-bond donors (Lipinski definition) is 2. The molecule has 2 N–H and O–H groups in total. The molecule has 19 heavy (non-hydrogen) atoms. The molecule has 0 fully saturated rings. The molecule has 0 aliphatic heterocycles. The van der Waals surface area contributed by atoms with Crippen LogP contribution in [-0.4, -0.2) is 19.5 Å². The number of benzene rings is 1. The maximum absolute atomic E-state index is 12.0. The molecule has 1 aromatic carbocycles. The van der Waals surface area contributed by atoms with Gasteiger partial charge in [0.15, 0.2) is 11.2 Å². The summed E-state index contributed by atoms with van der Waals surface area (Å²) in [7, 11) is 0. The SMILES string of the molecule is Cc1nc2[nH]c(=O)n(-c3cccc(Cl)c3)c2c(=O)[nH]1. The van der Waals surface area contributed by atoms with E-state index < -0.39 is 5.69 Å². The van der Waals surface area contributed by atoms with Crippen LogP contribution < -0.4 is 11.2 Å². The number of aryl methyl sites for hydroxylation is 1. The third-order valence-electron chi connectivity index (χ3n) is 2.73. The zero-order valence-electron chi connectivity index (χ0n) is 9.90. The Bertz CT molecular complexity index is 891. The summed E-state index contributed by atoms with van der Waals surface area (Å²) in [6.45, 7) is 1.65. The molecule has 96 valence electrons. The van der Waals surface area contributed by atoms with Gasteiger partial charge in [0.05, 0.1) is 5.69 Å². The quantitative estimate of drug-likeness (QED) is 0.704. The van der Waals surface area contributed by atoms with Crippen molar-refractivity contribution in [3.05, 3.63) is 56.0 Å². The molecule has 0 spiro atoms. The summed E-state index contributed by atoms with van der Waals surface area (Å²) in [5.74, 6) is 0.442. The van der Waals surface area contributed by atoms with Crippen LogP contribution in [0.1, 0.15) is 5.82 Å². The Morgan fingerprint density at radius 3 is 2.79 bits per heavy atom. The summed E-state index contributed by atoms with van der Waals surface area (Å²) in [4.78, 5) is 33.2. The van der Waals surface area contributed by atoms with E-state index in [4.69, 9.17) is 11.6 Å². The first kappa shape index (κ1) is 11.7. The summed E-state index contributed by atoms with van der Waals surface area (Å²) in [5, 5.41) is 0.482. The van der Waals surface area contributed by atoms with Crippen LogP contribution in [0, 0.1) is 6.92 Å². The molecule has 2 aromatic heterocycles. The highest BCUT2D eigenvalue weighted by Crippen LogP contribution is 2.15. The minimum absolute atomic E-state index is 0.179. The maximum atomic E-state index is 12.0. The minimum atomic E-state index is -0.430. The van der Waals surface area contributed by atoms with Crippen molar-refractivity contribution in [2.24, 2.45) is 0 Å². The average Bonchev–Trinajstić information content (AvgIpc) is 2.65. The molecule has 0 saturated carbocycles. The zero-order chi connectivity index (χ0) is 13.6. The lowest BCUT2D eigenvalue weighted by molar-refractivity contribution is 1.00. The van der Waals surface area contributed by atoms with Crippen LogP contribution in [0.15, 0.2) is 33.9 Å². The normalized spacial score (nSPS) is 11.1. The first-order valence-electron chi connectivity index (χ1n) is 5.54. The lowest BCUT2D eigenvalue weighted by Crippen LogP contribution is -2.19. The van der Waals surface area contributed by atoms with Gasteiger partial charge in [-0.2, -0.15) is 0 Å². The Labute approximate surface area is 111 Å². The van der Waals surface area contributed by atoms with Crippen molar-refractivity contribution in [1.82, 2.24) is 19.5 Å². The third kappa shape index (κ3) is 1.86. The van der Waals surface area contributed by atoms with E-state index in [1.807, 2.05) is 0 Å². The number of halogens is 1. The number of H-pyrrole nitrogens is 2. The average molecular weight is 277 g/mol. The molecule has 0 aliphatic carbocycles. The molecule has 0 bridgehead atoms. The molecular formula is C12H9ClN4O2. The van der Waals surface area contributed by atoms with Gasteiger partial charge in [-0.3, -0.25) is 14.3 Å². The minimum Gasteiger partial charge on any atom is -0.309 e. The number of hydrogen-bond acceptors (Lipinski definition) is 3. The van der Waals surface area contributed by atoms with Gasteiger partial charge < -0.3 is 4.98 Å². The second-order valence-electron chi connectivity index (χ2n) is 4.09. The number of fused-ring (bicyclic) bond motifs is 1. The highest BCUT2D eigenvalue weighted by atomic mass is 35.5. The van der Waals surface area contributed by atoms with Crippen LogP contribution in [-0.2, 0) is 0 Å². The van der Waals surface area contributed by atoms with Gasteiger partial charge in [0.1, 0.15) is 5.82 Å². The lowest BCUT2D eigenvalue weighted by Gasteiger charge is -2.02. The summed E-state index contributed by atoms with van der Waals surface area (Å²) in [5.41, 5.74) is 0.144. The largest absolute Gasteiger partial charge is 0.332 e. The molecular weight excluding hydrogens is 268 g/mol. The van der Waals surface area contributed by atoms with Gasteiger partial charge in [0.2, 0.25) is 0 Å². The van der Waals surface area contributed by atoms with Crippen molar-refractivity contribution in [3.63, 3.8) is 0 Å². The zero-order valence-corrected chi connectivity index (χ0v) is 10.7. The second-order valence-corrected chi connectivity index (χ2v) is 4.53. The van der Waals surface area contributed by atoms with Crippen LogP contribution in [0.5, 0.6) is 0 Å². The summed E-state index contributed by atoms with van der Waals surface area (Å²) < 4.78 is 1.26. The second kappa shape index (κ2) is 4.10. The summed E-state index contributed by atoms with van der Waals surface area (Å²) >= 11 is 5.90. The fourth-order valence-electron chi connectivity index (χ4n) is 1.99. The number of aromatic amines is 2. The third-order valence-corrected chi connectivity index (χ3v) is 2.97. The standard InChI is InChI=1S/C12H9ClN4O2/c1-6-14-10-9(11(18)15-6)17(12(19)16-10)8-4-2-3-7(13)5-8/h2-5H,1H3,(H2,14,15,16,18,19). The topological polar surface area (TPSA) is 83.5 Å². The summed E-state index contributed by atoms with van der Waals surface area (Å²) in [6, 6.07) is 6.70. The van der Waals surface area contributed by atoms with Crippen molar-refractivity contribution >= 4 is 22.8 Å². The number of nitrogens with one attached hydrogen (secondary N) is 2. The molecule has 0 atom stereocenters. The molecule has 0 amide bonds. The Hall–Kier alpha value is -2.34. The Balaban J connectivity index is 2.45. The van der Waals surface area contributed by atoms with Gasteiger partial charge >= 0.3 is 5.69 Å². The Kier molecular flexibility index (Phi) is 2.53. The predicted octanol–water partition coefficient (Wildman–Crippen LogP) is 1.36. The van der Waals surface area contributed by atoms with E-state index >= 15 is 0 Å². The van der Waals surface area contributed by atoms with Crippen molar-refractivity contribution in [2.75, 3.05) is 0 Å². The molecule has 6 nitrogen and oxygen atoms in total. The van der Waals surface area contributed by atoms with E-state index in [0.29, 0.717) is 16.5 Å². The van der Waals surface area contributed by atoms with Crippen LogP contribution in [0.3, 0.4) is 0 Å². The summed E-state index contributed by atoms with van der Waals surface area (Å²) in [6.07, 6.45) is 0. The van der Waals surface area contributed by atoms with Gasteiger partial charge in [-0.25, -0.2) is 9.78 Å². The van der Waals surface area contributed by atoms with Gasteiger partial charge in [0, 0.05) is 5.02 Å². The molecule has 0 aliphatic rings. The van der Waals surface area contributed by atoms with Gasteiger partial charge in [-0.15, -0.1) is 0 Å². The molecule has 3 aromatic rings. The van der Waals surface area contributed by atoms with Crippen molar-refractivity contribution < 1.29 is 0 Å². The molecule has 0 saturated heterocycles. The van der Waals surface area contributed by atoms with Crippen LogP contribution in [0.4, 0.5) is 0 Å². The number of aromatic nitrogens is 4. The van der Waals surface area contributed by atoms with E-state index in [2.05, 4.69) is 15.0 Å². The van der Waals surface area contributed by atoms with Crippen molar-refractivity contribution in [1.29, 1.82) is 0 Å². The van der Waals surface area contributed by atoms with Crippen LogP contribution in [0.2, 0.25) is 5.02 Å². The lowest BCUT2D eigenvalue weighted by atomic mass is 10.3. The van der Waals surface area contributed by atoms with Crippen LogP contribution >= 0.6 is 11.6 Å². The van der Waals surface area contributed by atoms with Gasteiger partial charge in [0.25, 0.3) is 5.56 Å². The Morgan fingerprint density at radius 1 is 1.26 bits per heavy atom. The fourth-order valence-corrected chi connectivity index (χ4v) is 2.18. The van der Waals surface area contributed by atoms with E-state index in [0.717, 1.165) is 0 Å². The number of rotatable bonds is 1. The molecule has 2 heterocycles. The Morgan fingerprint density at radius 2 is 2.05 bits per heavy atom. The van der Waals surface area contributed by atoms with Crippen molar-refractivity contribution in [3.8, 4) is 5.69 Å². The predicted molar refractivity (Wildman–Crippen MR) is 72.1 cm³/mol. The monoisotopic (exact) mass is 276 g/mol. The smallest absolute Gasteiger partial charge is 0.309 e. The highest BCUT2D eigenvalue weighted by molar-refractivity contribution is 6.30. The van der Waals surface area contributed by atoms with E-state index in [1.165, 1.54) is 4.57 Å². The fraction of sp³-hybridized carbons (Fsp3) is 0.0833. The van der Waals surface area contributed by atoms with Gasteiger partial charge in [-0.1, -0.05) is 17.7 Å².